The lowest BCUT2D eigenvalue weighted by Crippen LogP contribution is -2.50. The Balaban J connectivity index is 2.07. The van der Waals surface area contributed by atoms with E-state index in [1.165, 1.54) is 6.33 Å². The topological polar surface area (TPSA) is 69.6 Å². The van der Waals surface area contributed by atoms with E-state index in [4.69, 9.17) is 0 Å². The van der Waals surface area contributed by atoms with Crippen LogP contribution < -0.4 is 4.90 Å². The molecule has 1 aliphatic heterocycles. The Morgan fingerprint density at radius 3 is 2.17 bits per heavy atom. The molecule has 1 saturated heterocycles. The van der Waals surface area contributed by atoms with Gasteiger partial charge in [-0.15, -0.1) is 0 Å². The summed E-state index contributed by atoms with van der Waals surface area (Å²) in [5.74, 6) is 0.774. The van der Waals surface area contributed by atoms with Crippen molar-refractivity contribution >= 4 is 17.6 Å². The van der Waals surface area contributed by atoms with Gasteiger partial charge in [-0.1, -0.05) is 13.8 Å². The highest BCUT2D eigenvalue weighted by Gasteiger charge is 2.24. The van der Waals surface area contributed by atoms with Crippen LogP contribution in [0.1, 0.15) is 44.1 Å². The molecule has 0 bridgehead atoms. The van der Waals surface area contributed by atoms with Crippen LogP contribution in [-0.4, -0.2) is 70.9 Å². The van der Waals surface area contributed by atoms with Gasteiger partial charge < -0.3 is 14.7 Å². The summed E-state index contributed by atoms with van der Waals surface area (Å²) in [6.45, 7) is 9.90. The van der Waals surface area contributed by atoms with Crippen molar-refractivity contribution in [2.24, 2.45) is 0 Å². The number of hydrogen-bond acceptors (Lipinski definition) is 5. The molecule has 2 amide bonds. The minimum atomic E-state index is -0.0881. The fourth-order valence-electron chi connectivity index (χ4n) is 2.90. The molecule has 0 atom stereocenters. The molecule has 0 unspecified atom stereocenters. The number of aromatic nitrogens is 2. The number of hydrogen-bond donors (Lipinski definition) is 0. The predicted molar refractivity (Wildman–Crippen MR) is 93.0 cm³/mol. The van der Waals surface area contributed by atoms with Gasteiger partial charge in [0.25, 0.3) is 5.91 Å². The van der Waals surface area contributed by atoms with Gasteiger partial charge in [0, 0.05) is 52.3 Å². The third-order valence-corrected chi connectivity index (χ3v) is 4.20. The van der Waals surface area contributed by atoms with Gasteiger partial charge in [0.15, 0.2) is 0 Å². The minimum absolute atomic E-state index is 0.0567. The van der Waals surface area contributed by atoms with Gasteiger partial charge >= 0.3 is 0 Å². The van der Waals surface area contributed by atoms with E-state index in [-0.39, 0.29) is 11.8 Å². The van der Waals surface area contributed by atoms with E-state index in [0.717, 1.165) is 31.7 Å². The molecule has 0 aliphatic carbocycles. The lowest BCUT2D eigenvalue weighted by atomic mass is 10.2. The van der Waals surface area contributed by atoms with Crippen LogP contribution in [0, 0.1) is 0 Å². The SMILES string of the molecule is CCCN(CCC)c1cc(C(=O)N2CCN(C(C)=O)CC2)ncn1. The maximum absolute atomic E-state index is 12.7. The maximum Gasteiger partial charge on any atom is 0.272 e. The molecule has 132 valence electrons. The fourth-order valence-corrected chi connectivity index (χ4v) is 2.90. The largest absolute Gasteiger partial charge is 0.357 e. The zero-order chi connectivity index (χ0) is 17.5. The van der Waals surface area contributed by atoms with E-state index in [0.29, 0.717) is 31.9 Å². The first-order chi connectivity index (χ1) is 11.6. The van der Waals surface area contributed by atoms with E-state index in [1.54, 1.807) is 22.8 Å². The second kappa shape index (κ2) is 8.61. The molecule has 1 aromatic rings. The van der Waals surface area contributed by atoms with Crippen LogP contribution in [0.15, 0.2) is 12.4 Å². The summed E-state index contributed by atoms with van der Waals surface area (Å²) in [5.41, 5.74) is 0.425. The molecule has 7 heteroatoms. The molecule has 2 heterocycles. The Labute approximate surface area is 143 Å². The first-order valence-electron chi connectivity index (χ1n) is 8.68. The van der Waals surface area contributed by atoms with Crippen LogP contribution in [0.25, 0.3) is 0 Å². The average Bonchev–Trinajstić information content (AvgIpc) is 2.61. The zero-order valence-electron chi connectivity index (χ0n) is 14.9. The zero-order valence-corrected chi connectivity index (χ0v) is 14.9. The normalized spacial score (nSPS) is 14.6. The molecule has 0 radical (unpaired) electrons. The third-order valence-electron chi connectivity index (χ3n) is 4.20. The Kier molecular flexibility index (Phi) is 6.52. The minimum Gasteiger partial charge on any atom is -0.357 e. The molecular weight excluding hydrogens is 306 g/mol. The number of anilines is 1. The number of nitrogens with zero attached hydrogens (tertiary/aromatic N) is 5. The van der Waals surface area contributed by atoms with Gasteiger partial charge in [-0.3, -0.25) is 9.59 Å². The molecule has 0 N–H and O–H groups in total. The standard InChI is InChI=1S/C17H27N5O2/c1-4-6-21(7-5-2)16-12-15(18-13-19-16)17(24)22-10-8-20(9-11-22)14(3)23/h12-13H,4-11H2,1-3H3. The van der Waals surface area contributed by atoms with Crippen molar-refractivity contribution in [1.29, 1.82) is 0 Å². The van der Waals surface area contributed by atoms with Gasteiger partial charge in [-0.05, 0) is 12.8 Å². The molecule has 24 heavy (non-hydrogen) atoms. The van der Waals surface area contributed by atoms with E-state index in [2.05, 4.69) is 28.7 Å². The first-order valence-corrected chi connectivity index (χ1v) is 8.68. The lowest BCUT2D eigenvalue weighted by molar-refractivity contribution is -0.130. The third kappa shape index (κ3) is 4.43. The number of carbonyl (C=O) groups is 2. The van der Waals surface area contributed by atoms with Crippen LogP contribution in [0.4, 0.5) is 5.82 Å². The van der Waals surface area contributed by atoms with E-state index in [1.807, 2.05) is 0 Å². The quantitative estimate of drug-likeness (QED) is 0.787. The fraction of sp³-hybridized carbons (Fsp3) is 0.647. The summed E-state index contributed by atoms with van der Waals surface area (Å²) < 4.78 is 0. The van der Waals surface area contributed by atoms with E-state index in [9.17, 15) is 9.59 Å². The van der Waals surface area contributed by atoms with Crippen LogP contribution in [0.3, 0.4) is 0 Å². The second-order valence-electron chi connectivity index (χ2n) is 6.05. The van der Waals surface area contributed by atoms with Gasteiger partial charge in [-0.2, -0.15) is 0 Å². The Hall–Kier alpha value is -2.18. The molecule has 1 aromatic heterocycles. The van der Waals surface area contributed by atoms with Gasteiger partial charge in [-0.25, -0.2) is 9.97 Å². The van der Waals surface area contributed by atoms with Gasteiger partial charge in [0.05, 0.1) is 0 Å². The summed E-state index contributed by atoms with van der Waals surface area (Å²) in [6.07, 6.45) is 3.52. The smallest absolute Gasteiger partial charge is 0.272 e. The number of amides is 2. The van der Waals surface area contributed by atoms with Gasteiger partial charge in [0.2, 0.25) is 5.91 Å². The van der Waals surface area contributed by atoms with E-state index >= 15 is 0 Å². The molecule has 1 fully saturated rings. The number of carbonyl (C=O) groups excluding carboxylic acids is 2. The van der Waals surface area contributed by atoms with Crippen LogP contribution in [0.5, 0.6) is 0 Å². The predicted octanol–water partition coefficient (Wildman–Crippen LogP) is 1.41. The van der Waals surface area contributed by atoms with Crippen molar-refractivity contribution in [3.05, 3.63) is 18.1 Å². The monoisotopic (exact) mass is 333 g/mol. The highest BCUT2D eigenvalue weighted by molar-refractivity contribution is 5.93. The van der Waals surface area contributed by atoms with Crippen LogP contribution >= 0.6 is 0 Å². The van der Waals surface area contributed by atoms with Crippen molar-refractivity contribution in [3.8, 4) is 0 Å². The van der Waals surface area contributed by atoms with Crippen molar-refractivity contribution in [2.45, 2.75) is 33.6 Å². The Morgan fingerprint density at radius 2 is 1.62 bits per heavy atom. The number of rotatable bonds is 6. The molecule has 7 nitrogen and oxygen atoms in total. The first kappa shape index (κ1) is 18.2. The van der Waals surface area contributed by atoms with Crippen molar-refractivity contribution < 1.29 is 9.59 Å². The summed E-state index contributed by atoms with van der Waals surface area (Å²) >= 11 is 0. The average molecular weight is 333 g/mol. The highest BCUT2D eigenvalue weighted by atomic mass is 16.2. The van der Waals surface area contributed by atoms with Crippen molar-refractivity contribution in [2.75, 3.05) is 44.2 Å². The van der Waals surface area contributed by atoms with Gasteiger partial charge in [0.1, 0.15) is 17.8 Å². The lowest BCUT2D eigenvalue weighted by Gasteiger charge is -2.34. The maximum atomic E-state index is 12.7. The Bertz CT molecular complexity index is 564. The molecule has 2 rings (SSSR count). The van der Waals surface area contributed by atoms with Crippen molar-refractivity contribution in [1.82, 2.24) is 19.8 Å². The second-order valence-corrected chi connectivity index (χ2v) is 6.05. The number of piperazine rings is 1. The molecule has 0 saturated carbocycles. The van der Waals surface area contributed by atoms with Crippen molar-refractivity contribution in [3.63, 3.8) is 0 Å². The van der Waals surface area contributed by atoms with Crippen LogP contribution in [-0.2, 0) is 4.79 Å². The van der Waals surface area contributed by atoms with E-state index < -0.39 is 0 Å². The molecule has 1 aliphatic rings. The summed E-state index contributed by atoms with van der Waals surface area (Å²) in [6, 6.07) is 1.78. The molecule has 0 aromatic carbocycles. The highest BCUT2D eigenvalue weighted by Crippen LogP contribution is 2.14. The summed E-state index contributed by atoms with van der Waals surface area (Å²) in [7, 11) is 0. The van der Waals surface area contributed by atoms with Crippen LogP contribution in [0.2, 0.25) is 0 Å². The summed E-state index contributed by atoms with van der Waals surface area (Å²) in [4.78, 5) is 38.3. The summed E-state index contributed by atoms with van der Waals surface area (Å²) in [5, 5.41) is 0. The molecular formula is C17H27N5O2. The Morgan fingerprint density at radius 1 is 1.04 bits per heavy atom. The molecule has 0 spiro atoms.